The molecule has 0 radical (unpaired) electrons. The Labute approximate surface area is 155 Å². The predicted molar refractivity (Wildman–Crippen MR) is 103 cm³/mol. The highest BCUT2D eigenvalue weighted by atomic mass is 35.5. The van der Waals surface area contributed by atoms with Crippen LogP contribution in [0.2, 0.25) is 5.02 Å². The van der Waals surface area contributed by atoms with Gasteiger partial charge in [-0.3, -0.25) is 9.59 Å². The molecule has 0 aromatic heterocycles. The minimum Gasteiger partial charge on any atom is -0.352 e. The zero-order chi connectivity index (χ0) is 17.8. The number of hydrogen-bond donors (Lipinski definition) is 2. The molecule has 1 aliphatic rings. The minimum atomic E-state index is -0.205. The van der Waals surface area contributed by atoms with Crippen LogP contribution in [0.1, 0.15) is 29.3 Å². The molecule has 0 unspecified atom stereocenters. The van der Waals surface area contributed by atoms with Crippen LogP contribution in [-0.2, 0) is 4.79 Å². The normalized spacial score (nSPS) is 14.8. The largest absolute Gasteiger partial charge is 0.352 e. The Morgan fingerprint density at radius 1 is 1.28 bits per heavy atom. The molecule has 3 rings (SSSR count). The first-order valence-corrected chi connectivity index (χ1v) is 9.15. The third-order valence-corrected chi connectivity index (χ3v) is 5.10. The number of benzene rings is 2. The second-order valence-corrected chi connectivity index (χ2v) is 7.04. The first-order chi connectivity index (χ1) is 12.1. The van der Waals surface area contributed by atoms with Crippen molar-refractivity contribution in [1.82, 2.24) is 5.32 Å². The molecule has 2 aromatic carbocycles. The van der Waals surface area contributed by atoms with E-state index < -0.39 is 0 Å². The molecule has 0 atom stereocenters. The van der Waals surface area contributed by atoms with E-state index in [1.807, 2.05) is 31.2 Å². The van der Waals surface area contributed by atoms with Gasteiger partial charge in [-0.05, 0) is 42.3 Å². The van der Waals surface area contributed by atoms with E-state index in [1.165, 1.54) is 11.8 Å². The number of rotatable bonds is 4. The van der Waals surface area contributed by atoms with Crippen molar-refractivity contribution in [3.8, 4) is 0 Å². The fourth-order valence-corrected chi connectivity index (χ4v) is 3.49. The van der Waals surface area contributed by atoms with Crippen LogP contribution >= 0.6 is 23.4 Å². The van der Waals surface area contributed by atoms with Crippen molar-refractivity contribution in [2.75, 3.05) is 11.9 Å². The number of nitrogens with one attached hydrogen (secondary N) is 2. The van der Waals surface area contributed by atoms with Gasteiger partial charge in [0.15, 0.2) is 0 Å². The Balaban J connectivity index is 1.85. The summed E-state index contributed by atoms with van der Waals surface area (Å²) in [5.41, 5.74) is 1.97. The Morgan fingerprint density at radius 3 is 2.84 bits per heavy atom. The van der Waals surface area contributed by atoms with Crippen molar-refractivity contribution in [1.29, 1.82) is 0 Å². The molecule has 2 N–H and O–H groups in total. The highest BCUT2D eigenvalue weighted by Gasteiger charge is 2.22. The van der Waals surface area contributed by atoms with E-state index in [2.05, 4.69) is 10.6 Å². The standard InChI is InChI=1S/C19H17ClN2O2S/c1-2-9-21-18(23)13-7-8-16-15(10-13)22-19(24)17(25-16)11-12-5-3-4-6-14(12)20/h3-8,10-11H,2,9H2,1H3,(H,21,23)(H,22,24). The van der Waals surface area contributed by atoms with Gasteiger partial charge >= 0.3 is 0 Å². The number of carbonyl (C=O) groups is 2. The molecule has 128 valence electrons. The first-order valence-electron chi connectivity index (χ1n) is 7.96. The molecule has 2 aromatic rings. The lowest BCUT2D eigenvalue weighted by Gasteiger charge is -2.19. The van der Waals surface area contributed by atoms with Gasteiger partial charge in [0.2, 0.25) is 0 Å². The van der Waals surface area contributed by atoms with E-state index >= 15 is 0 Å². The van der Waals surface area contributed by atoms with Crippen molar-refractivity contribution in [2.45, 2.75) is 18.2 Å². The van der Waals surface area contributed by atoms with Crippen LogP contribution in [-0.4, -0.2) is 18.4 Å². The van der Waals surface area contributed by atoms with Crippen LogP contribution in [0.4, 0.5) is 5.69 Å². The Bertz CT molecular complexity index is 864. The molecule has 2 amide bonds. The second kappa shape index (κ2) is 7.76. The Kier molecular flexibility index (Phi) is 5.46. The number of fused-ring (bicyclic) bond motifs is 1. The molecule has 0 saturated heterocycles. The fraction of sp³-hybridized carbons (Fsp3) is 0.158. The molecule has 1 heterocycles. The maximum atomic E-state index is 12.4. The first kappa shape index (κ1) is 17.6. The summed E-state index contributed by atoms with van der Waals surface area (Å²) < 4.78 is 0. The van der Waals surface area contributed by atoms with E-state index in [9.17, 15) is 9.59 Å². The van der Waals surface area contributed by atoms with Crippen molar-refractivity contribution in [2.24, 2.45) is 0 Å². The molecule has 0 fully saturated rings. The number of anilines is 1. The van der Waals surface area contributed by atoms with Crippen LogP contribution in [0.5, 0.6) is 0 Å². The summed E-state index contributed by atoms with van der Waals surface area (Å²) in [5.74, 6) is -0.343. The lowest BCUT2D eigenvalue weighted by atomic mass is 10.1. The highest BCUT2D eigenvalue weighted by Crippen LogP contribution is 2.39. The summed E-state index contributed by atoms with van der Waals surface area (Å²) in [6.45, 7) is 2.62. The van der Waals surface area contributed by atoms with E-state index in [0.29, 0.717) is 27.7 Å². The van der Waals surface area contributed by atoms with Crippen LogP contribution in [0.15, 0.2) is 52.3 Å². The van der Waals surface area contributed by atoms with Crippen LogP contribution < -0.4 is 10.6 Å². The summed E-state index contributed by atoms with van der Waals surface area (Å²) in [7, 11) is 0. The molecule has 0 saturated carbocycles. The smallest absolute Gasteiger partial charge is 0.262 e. The van der Waals surface area contributed by atoms with Crippen molar-refractivity contribution in [3.63, 3.8) is 0 Å². The van der Waals surface area contributed by atoms with Gasteiger partial charge < -0.3 is 10.6 Å². The summed E-state index contributed by atoms with van der Waals surface area (Å²) in [6, 6.07) is 12.7. The quantitative estimate of drug-likeness (QED) is 0.773. The molecular formula is C19H17ClN2O2S. The van der Waals surface area contributed by atoms with Crippen LogP contribution in [0.25, 0.3) is 6.08 Å². The Hall–Kier alpha value is -2.24. The van der Waals surface area contributed by atoms with Gasteiger partial charge in [-0.25, -0.2) is 0 Å². The molecule has 6 heteroatoms. The van der Waals surface area contributed by atoms with Gasteiger partial charge in [0, 0.05) is 22.0 Å². The predicted octanol–water partition coefficient (Wildman–Crippen LogP) is 4.57. The molecule has 25 heavy (non-hydrogen) atoms. The summed E-state index contributed by atoms with van der Waals surface area (Å²) >= 11 is 7.52. The molecule has 4 nitrogen and oxygen atoms in total. The van der Waals surface area contributed by atoms with Gasteiger partial charge in [0.1, 0.15) is 0 Å². The number of hydrogen-bond acceptors (Lipinski definition) is 3. The second-order valence-electron chi connectivity index (χ2n) is 5.55. The average molecular weight is 373 g/mol. The van der Waals surface area contributed by atoms with Crippen molar-refractivity contribution >= 4 is 46.9 Å². The summed E-state index contributed by atoms with van der Waals surface area (Å²) in [6.07, 6.45) is 2.65. The molecule has 0 bridgehead atoms. The number of halogens is 1. The molecule has 1 aliphatic heterocycles. The molecule has 0 aliphatic carbocycles. The van der Waals surface area contributed by atoms with E-state index in [1.54, 1.807) is 24.3 Å². The van der Waals surface area contributed by atoms with Crippen LogP contribution in [0.3, 0.4) is 0 Å². The monoisotopic (exact) mass is 372 g/mol. The van der Waals surface area contributed by atoms with Crippen LogP contribution in [0, 0.1) is 0 Å². The number of carbonyl (C=O) groups excluding carboxylic acids is 2. The zero-order valence-corrected chi connectivity index (χ0v) is 15.2. The third kappa shape index (κ3) is 4.06. The summed E-state index contributed by atoms with van der Waals surface area (Å²) in [4.78, 5) is 25.9. The SMILES string of the molecule is CCCNC(=O)c1ccc2c(c1)NC(=O)C(=Cc1ccccc1Cl)S2. The summed E-state index contributed by atoms with van der Waals surface area (Å²) in [5, 5.41) is 6.27. The lowest BCUT2D eigenvalue weighted by molar-refractivity contribution is -0.112. The fourth-order valence-electron chi connectivity index (χ4n) is 2.38. The minimum absolute atomic E-state index is 0.138. The van der Waals surface area contributed by atoms with E-state index in [0.717, 1.165) is 16.9 Å². The maximum Gasteiger partial charge on any atom is 0.262 e. The van der Waals surface area contributed by atoms with E-state index in [-0.39, 0.29) is 11.8 Å². The van der Waals surface area contributed by atoms with Gasteiger partial charge in [-0.1, -0.05) is 48.5 Å². The molecule has 0 spiro atoms. The van der Waals surface area contributed by atoms with Gasteiger partial charge in [0.05, 0.1) is 10.6 Å². The topological polar surface area (TPSA) is 58.2 Å². The maximum absolute atomic E-state index is 12.4. The van der Waals surface area contributed by atoms with Crippen molar-refractivity contribution < 1.29 is 9.59 Å². The average Bonchev–Trinajstić information content (AvgIpc) is 2.61. The molecular weight excluding hydrogens is 356 g/mol. The highest BCUT2D eigenvalue weighted by molar-refractivity contribution is 8.04. The van der Waals surface area contributed by atoms with Gasteiger partial charge in [-0.2, -0.15) is 0 Å². The number of amides is 2. The zero-order valence-electron chi connectivity index (χ0n) is 13.6. The lowest BCUT2D eigenvalue weighted by Crippen LogP contribution is -2.24. The Morgan fingerprint density at radius 2 is 2.08 bits per heavy atom. The number of thioether (sulfide) groups is 1. The van der Waals surface area contributed by atoms with Gasteiger partial charge in [0.25, 0.3) is 11.8 Å². The van der Waals surface area contributed by atoms with E-state index in [4.69, 9.17) is 11.6 Å². The van der Waals surface area contributed by atoms with Crippen molar-refractivity contribution in [3.05, 3.63) is 63.5 Å². The van der Waals surface area contributed by atoms with Gasteiger partial charge in [-0.15, -0.1) is 0 Å². The third-order valence-electron chi connectivity index (χ3n) is 3.66.